The maximum atomic E-state index is 14.0. The van der Waals surface area contributed by atoms with Gasteiger partial charge in [-0.25, -0.2) is 4.39 Å². The van der Waals surface area contributed by atoms with Gasteiger partial charge in [0.1, 0.15) is 5.82 Å². The van der Waals surface area contributed by atoms with Crippen LogP contribution in [0.3, 0.4) is 0 Å². The molecule has 0 bridgehead atoms. The normalized spacial score (nSPS) is 15.0. The molecule has 0 spiro atoms. The van der Waals surface area contributed by atoms with Gasteiger partial charge >= 0.3 is 0 Å². The molecule has 3 aromatic rings. The molecule has 4 rings (SSSR count). The molecule has 4 nitrogen and oxygen atoms in total. The highest BCUT2D eigenvalue weighted by atomic mass is 32.2. The van der Waals surface area contributed by atoms with Crippen molar-refractivity contribution in [2.24, 2.45) is 0 Å². The minimum absolute atomic E-state index is 0.00656. The lowest BCUT2D eigenvalue weighted by atomic mass is 9.85. The zero-order valence-corrected chi connectivity index (χ0v) is 17.0. The summed E-state index contributed by atoms with van der Waals surface area (Å²) >= 11 is 1.58. The number of halogens is 1. The number of amides is 1. The van der Waals surface area contributed by atoms with Gasteiger partial charge in [0.25, 0.3) is 0 Å². The van der Waals surface area contributed by atoms with Crippen LogP contribution in [0.4, 0.5) is 15.8 Å². The van der Waals surface area contributed by atoms with Crippen molar-refractivity contribution in [1.29, 1.82) is 0 Å². The standard InChI is InChI=1S/C22H20FN3OS/c1-13-19(23)7-15(10-25-13)14-5-6-18-20(8-14)26(21(27)22(18,2)3)16-9-17(28-4)12-24-11-16/h5-12H,1-4H3. The smallest absolute Gasteiger partial charge is 0.241 e. The van der Waals surface area contributed by atoms with E-state index in [1.807, 2.05) is 44.4 Å². The summed E-state index contributed by atoms with van der Waals surface area (Å²) in [5.74, 6) is -0.351. The number of hydrogen-bond acceptors (Lipinski definition) is 4. The summed E-state index contributed by atoms with van der Waals surface area (Å²) in [6, 6.07) is 9.23. The van der Waals surface area contributed by atoms with E-state index in [1.165, 1.54) is 6.07 Å². The van der Waals surface area contributed by atoms with E-state index < -0.39 is 5.41 Å². The van der Waals surface area contributed by atoms with Crippen molar-refractivity contribution in [2.75, 3.05) is 11.2 Å². The second-order valence-electron chi connectivity index (χ2n) is 7.37. The van der Waals surface area contributed by atoms with Crippen LogP contribution >= 0.6 is 11.8 Å². The molecule has 1 amide bonds. The Labute approximate surface area is 167 Å². The number of carbonyl (C=O) groups is 1. The summed E-state index contributed by atoms with van der Waals surface area (Å²) in [4.78, 5) is 24.4. The van der Waals surface area contributed by atoms with Crippen molar-refractivity contribution in [3.05, 3.63) is 66.0 Å². The molecule has 0 N–H and O–H groups in total. The van der Waals surface area contributed by atoms with E-state index in [2.05, 4.69) is 9.97 Å². The van der Waals surface area contributed by atoms with Crippen LogP contribution in [0.5, 0.6) is 0 Å². The minimum atomic E-state index is -0.653. The van der Waals surface area contributed by atoms with Gasteiger partial charge in [-0.3, -0.25) is 19.7 Å². The van der Waals surface area contributed by atoms with Gasteiger partial charge in [0, 0.05) is 22.9 Å². The minimum Gasteiger partial charge on any atom is -0.278 e. The Morgan fingerprint density at radius 2 is 1.86 bits per heavy atom. The van der Waals surface area contributed by atoms with Crippen LogP contribution in [0.2, 0.25) is 0 Å². The Bertz CT molecular complexity index is 1100. The van der Waals surface area contributed by atoms with E-state index in [4.69, 9.17) is 0 Å². The van der Waals surface area contributed by atoms with E-state index in [-0.39, 0.29) is 11.7 Å². The van der Waals surface area contributed by atoms with Crippen LogP contribution in [-0.2, 0) is 10.2 Å². The SMILES string of the molecule is CSc1cncc(N2C(=O)C(C)(C)c3ccc(-c4cnc(C)c(F)c4)cc32)c1. The number of carbonyl (C=O) groups excluding carboxylic acids is 1. The number of aryl methyl sites for hydroxylation is 1. The fourth-order valence-electron chi connectivity index (χ4n) is 3.49. The molecule has 0 saturated heterocycles. The van der Waals surface area contributed by atoms with Gasteiger partial charge in [0.05, 0.1) is 28.7 Å². The van der Waals surface area contributed by atoms with E-state index in [1.54, 1.807) is 42.2 Å². The topological polar surface area (TPSA) is 46.1 Å². The maximum Gasteiger partial charge on any atom is 0.241 e. The molecular weight excluding hydrogens is 373 g/mol. The van der Waals surface area contributed by atoms with Gasteiger partial charge in [-0.15, -0.1) is 11.8 Å². The first-order chi connectivity index (χ1) is 13.3. The lowest BCUT2D eigenvalue weighted by Gasteiger charge is -2.20. The summed E-state index contributed by atoms with van der Waals surface area (Å²) in [6.07, 6.45) is 7.10. The molecule has 2 aromatic heterocycles. The Hall–Kier alpha value is -2.73. The Morgan fingerprint density at radius 1 is 1.07 bits per heavy atom. The van der Waals surface area contributed by atoms with Crippen LogP contribution in [0.25, 0.3) is 11.1 Å². The largest absolute Gasteiger partial charge is 0.278 e. The molecule has 1 aliphatic heterocycles. The number of hydrogen-bond donors (Lipinski definition) is 0. The van der Waals surface area contributed by atoms with Crippen LogP contribution in [0.15, 0.2) is 53.8 Å². The lowest BCUT2D eigenvalue weighted by Crippen LogP contribution is -2.33. The molecule has 0 atom stereocenters. The molecule has 28 heavy (non-hydrogen) atoms. The van der Waals surface area contributed by atoms with Crippen LogP contribution < -0.4 is 4.90 Å². The van der Waals surface area contributed by atoms with Crippen LogP contribution in [0, 0.1) is 12.7 Å². The van der Waals surface area contributed by atoms with Crippen molar-refractivity contribution >= 4 is 29.0 Å². The zero-order valence-electron chi connectivity index (χ0n) is 16.2. The third-order valence-corrected chi connectivity index (χ3v) is 5.90. The zero-order chi connectivity index (χ0) is 20.1. The molecule has 3 heterocycles. The molecule has 0 fully saturated rings. The average molecular weight is 393 g/mol. The first kappa shape index (κ1) is 18.6. The van der Waals surface area contributed by atoms with Gasteiger partial charge < -0.3 is 0 Å². The first-order valence-corrected chi connectivity index (χ1v) is 10.2. The highest BCUT2D eigenvalue weighted by Crippen LogP contribution is 2.47. The van der Waals surface area contributed by atoms with E-state index in [0.29, 0.717) is 11.3 Å². The number of thioether (sulfide) groups is 1. The molecular formula is C22H20FN3OS. The predicted molar refractivity (Wildman–Crippen MR) is 111 cm³/mol. The van der Waals surface area contributed by atoms with Crippen molar-refractivity contribution in [3.8, 4) is 11.1 Å². The number of pyridine rings is 2. The van der Waals surface area contributed by atoms with Crippen LogP contribution in [0.1, 0.15) is 25.1 Å². The second kappa shape index (κ2) is 6.71. The average Bonchev–Trinajstić information content (AvgIpc) is 2.89. The molecule has 0 saturated carbocycles. The quantitative estimate of drug-likeness (QED) is 0.569. The van der Waals surface area contributed by atoms with Crippen LogP contribution in [-0.4, -0.2) is 22.1 Å². The summed E-state index contributed by atoms with van der Waals surface area (Å²) in [7, 11) is 0. The predicted octanol–water partition coefficient (Wildman–Crippen LogP) is 5.27. The Morgan fingerprint density at radius 3 is 2.57 bits per heavy atom. The number of rotatable bonds is 3. The van der Waals surface area contributed by atoms with Gasteiger partial charge in [0.2, 0.25) is 5.91 Å². The van der Waals surface area contributed by atoms with E-state index in [9.17, 15) is 9.18 Å². The molecule has 0 aliphatic carbocycles. The van der Waals surface area contributed by atoms with Crippen molar-refractivity contribution in [1.82, 2.24) is 9.97 Å². The number of fused-ring (bicyclic) bond motifs is 1. The number of anilines is 2. The molecule has 142 valence electrons. The van der Waals surface area contributed by atoms with Crippen molar-refractivity contribution in [3.63, 3.8) is 0 Å². The number of benzene rings is 1. The molecule has 1 aliphatic rings. The van der Waals surface area contributed by atoms with Gasteiger partial charge in [-0.2, -0.15) is 0 Å². The monoisotopic (exact) mass is 393 g/mol. The molecule has 6 heteroatoms. The highest BCUT2D eigenvalue weighted by molar-refractivity contribution is 7.98. The van der Waals surface area contributed by atoms with Gasteiger partial charge in [-0.1, -0.05) is 12.1 Å². The number of aromatic nitrogens is 2. The molecule has 0 radical (unpaired) electrons. The molecule has 1 aromatic carbocycles. The third-order valence-electron chi connectivity index (χ3n) is 5.20. The Balaban J connectivity index is 1.88. The maximum absolute atomic E-state index is 14.0. The van der Waals surface area contributed by atoms with Crippen molar-refractivity contribution < 1.29 is 9.18 Å². The van der Waals surface area contributed by atoms with E-state index in [0.717, 1.165) is 27.4 Å². The second-order valence-corrected chi connectivity index (χ2v) is 8.25. The van der Waals surface area contributed by atoms with Gasteiger partial charge in [-0.05, 0) is 56.4 Å². The summed E-state index contributed by atoms with van der Waals surface area (Å²) in [5, 5.41) is 0. The van der Waals surface area contributed by atoms with E-state index >= 15 is 0 Å². The fraction of sp³-hybridized carbons (Fsp3) is 0.227. The fourth-order valence-corrected chi connectivity index (χ4v) is 3.90. The first-order valence-electron chi connectivity index (χ1n) is 8.93. The summed E-state index contributed by atoms with van der Waals surface area (Å²) in [6.45, 7) is 5.48. The highest BCUT2D eigenvalue weighted by Gasteiger charge is 2.44. The van der Waals surface area contributed by atoms with Gasteiger partial charge in [0.15, 0.2) is 0 Å². The third kappa shape index (κ3) is 2.88. The number of nitrogens with zero attached hydrogens (tertiary/aromatic N) is 3. The molecule has 0 unspecified atom stereocenters. The Kier molecular flexibility index (Phi) is 4.46. The summed E-state index contributed by atoms with van der Waals surface area (Å²) in [5.41, 5.74) is 3.68. The summed E-state index contributed by atoms with van der Waals surface area (Å²) < 4.78 is 14.0. The van der Waals surface area contributed by atoms with Crippen molar-refractivity contribution in [2.45, 2.75) is 31.1 Å². The lowest BCUT2D eigenvalue weighted by molar-refractivity contribution is -0.121.